The summed E-state index contributed by atoms with van der Waals surface area (Å²) in [5.41, 5.74) is 2.44. The summed E-state index contributed by atoms with van der Waals surface area (Å²) >= 11 is 5.40. The number of carbonyl (C=O) groups is 1. The Labute approximate surface area is 166 Å². The van der Waals surface area contributed by atoms with E-state index < -0.39 is 0 Å². The zero-order valence-electron chi connectivity index (χ0n) is 16.8. The lowest BCUT2D eigenvalue weighted by Crippen LogP contribution is -2.38. The minimum atomic E-state index is 0.222. The number of nitrogens with zero attached hydrogens (tertiary/aromatic N) is 3. The first-order valence-electron chi connectivity index (χ1n) is 9.76. The minimum absolute atomic E-state index is 0.222. The molecule has 3 rings (SSSR count). The van der Waals surface area contributed by atoms with Gasteiger partial charge in [-0.05, 0) is 43.8 Å². The zero-order chi connectivity index (χ0) is 19.6. The standard InChI is InChI=1S/C21H30N4OS/c1-15-7-9-16(10-8-15)19-22-23-20(27)25(19)13-11-18(26)24-12-5-6-17(24)14-21(2,3)4/h7-10,17H,5-6,11-14H2,1-4H3,(H,23,27). The zero-order valence-corrected chi connectivity index (χ0v) is 17.6. The van der Waals surface area contributed by atoms with E-state index in [1.165, 1.54) is 5.56 Å². The minimum Gasteiger partial charge on any atom is -0.340 e. The van der Waals surface area contributed by atoms with E-state index in [-0.39, 0.29) is 11.3 Å². The number of aromatic amines is 1. The maximum atomic E-state index is 12.9. The van der Waals surface area contributed by atoms with Gasteiger partial charge < -0.3 is 4.90 Å². The van der Waals surface area contributed by atoms with Crippen LogP contribution in [0.1, 0.15) is 52.0 Å². The van der Waals surface area contributed by atoms with Gasteiger partial charge >= 0.3 is 0 Å². The average molecular weight is 387 g/mol. The summed E-state index contributed by atoms with van der Waals surface area (Å²) in [4.78, 5) is 15.0. The van der Waals surface area contributed by atoms with Gasteiger partial charge in [0.25, 0.3) is 0 Å². The van der Waals surface area contributed by atoms with Crippen LogP contribution in [0.15, 0.2) is 24.3 Å². The number of aryl methyl sites for hydroxylation is 1. The Morgan fingerprint density at radius 3 is 2.67 bits per heavy atom. The van der Waals surface area contributed by atoms with Crippen molar-refractivity contribution < 1.29 is 4.79 Å². The van der Waals surface area contributed by atoms with Crippen molar-refractivity contribution in [1.29, 1.82) is 0 Å². The van der Waals surface area contributed by atoms with Crippen molar-refractivity contribution in [2.24, 2.45) is 5.41 Å². The van der Waals surface area contributed by atoms with Crippen LogP contribution < -0.4 is 0 Å². The smallest absolute Gasteiger partial charge is 0.224 e. The summed E-state index contributed by atoms with van der Waals surface area (Å²) in [6.45, 7) is 10.2. The molecule has 1 aliphatic rings. The second kappa shape index (κ2) is 7.97. The van der Waals surface area contributed by atoms with E-state index in [0.717, 1.165) is 37.2 Å². The molecule has 1 saturated heterocycles. The van der Waals surface area contributed by atoms with Gasteiger partial charge in [-0.2, -0.15) is 5.10 Å². The fourth-order valence-corrected chi connectivity index (χ4v) is 4.11. The van der Waals surface area contributed by atoms with Crippen molar-refractivity contribution in [3.63, 3.8) is 0 Å². The third-order valence-electron chi connectivity index (χ3n) is 5.16. The van der Waals surface area contributed by atoms with Gasteiger partial charge in [-0.3, -0.25) is 14.5 Å². The Morgan fingerprint density at radius 2 is 2.00 bits per heavy atom. The molecule has 2 heterocycles. The molecule has 0 aliphatic carbocycles. The van der Waals surface area contributed by atoms with Crippen molar-refractivity contribution in [2.45, 2.75) is 66.0 Å². The van der Waals surface area contributed by atoms with Gasteiger partial charge in [-0.1, -0.05) is 50.6 Å². The number of nitrogens with one attached hydrogen (secondary N) is 1. The Kier molecular flexibility index (Phi) is 5.84. The van der Waals surface area contributed by atoms with E-state index in [1.54, 1.807) is 0 Å². The second-order valence-electron chi connectivity index (χ2n) is 8.77. The van der Waals surface area contributed by atoms with E-state index in [2.05, 4.69) is 54.9 Å². The molecular formula is C21H30N4OS. The molecule has 0 spiro atoms. The molecule has 6 heteroatoms. The monoisotopic (exact) mass is 386 g/mol. The maximum Gasteiger partial charge on any atom is 0.224 e. The molecule has 1 aliphatic heterocycles. The number of rotatable bonds is 5. The molecule has 1 atom stereocenters. The first-order valence-corrected chi connectivity index (χ1v) is 10.2. The number of hydrogen-bond donors (Lipinski definition) is 1. The van der Waals surface area contributed by atoms with Gasteiger partial charge in [-0.15, -0.1) is 0 Å². The predicted molar refractivity (Wildman–Crippen MR) is 111 cm³/mol. The van der Waals surface area contributed by atoms with Crippen LogP contribution in [-0.2, 0) is 11.3 Å². The highest BCUT2D eigenvalue weighted by molar-refractivity contribution is 7.71. The van der Waals surface area contributed by atoms with E-state index in [9.17, 15) is 4.79 Å². The third kappa shape index (κ3) is 4.86. The van der Waals surface area contributed by atoms with E-state index in [4.69, 9.17) is 12.2 Å². The van der Waals surface area contributed by atoms with Crippen molar-refractivity contribution in [2.75, 3.05) is 6.54 Å². The molecule has 1 N–H and O–H groups in total. The van der Waals surface area contributed by atoms with Crippen molar-refractivity contribution in [1.82, 2.24) is 19.7 Å². The highest BCUT2D eigenvalue weighted by Crippen LogP contribution is 2.30. The number of H-pyrrole nitrogens is 1. The molecule has 1 aromatic heterocycles. The number of amides is 1. The van der Waals surface area contributed by atoms with Crippen LogP contribution in [0, 0.1) is 17.1 Å². The van der Waals surface area contributed by atoms with E-state index in [1.807, 2.05) is 16.7 Å². The molecule has 1 fully saturated rings. The third-order valence-corrected chi connectivity index (χ3v) is 5.47. The van der Waals surface area contributed by atoms with Crippen molar-refractivity contribution in [3.05, 3.63) is 34.6 Å². The summed E-state index contributed by atoms with van der Waals surface area (Å²) in [5, 5.41) is 7.25. The summed E-state index contributed by atoms with van der Waals surface area (Å²) in [6, 6.07) is 8.57. The van der Waals surface area contributed by atoms with E-state index >= 15 is 0 Å². The molecule has 2 aromatic rings. The molecule has 27 heavy (non-hydrogen) atoms. The Hall–Kier alpha value is -1.95. The summed E-state index contributed by atoms with van der Waals surface area (Å²) < 4.78 is 2.50. The number of hydrogen-bond acceptors (Lipinski definition) is 3. The summed E-state index contributed by atoms with van der Waals surface area (Å²) in [6.07, 6.45) is 3.72. The highest BCUT2D eigenvalue weighted by Gasteiger charge is 2.31. The van der Waals surface area contributed by atoms with Gasteiger partial charge in [0.05, 0.1) is 0 Å². The number of benzene rings is 1. The fourth-order valence-electron chi connectivity index (χ4n) is 3.88. The molecule has 0 radical (unpaired) electrons. The van der Waals surface area contributed by atoms with Crippen LogP contribution in [-0.4, -0.2) is 38.2 Å². The Balaban J connectivity index is 1.70. The molecule has 1 aromatic carbocycles. The summed E-state index contributed by atoms with van der Waals surface area (Å²) in [7, 11) is 0. The SMILES string of the molecule is Cc1ccc(-c2n[nH]c(=S)n2CCC(=O)N2CCCC2CC(C)(C)C)cc1. The maximum absolute atomic E-state index is 12.9. The van der Waals surface area contributed by atoms with Gasteiger partial charge in [0.2, 0.25) is 5.91 Å². The average Bonchev–Trinajstić information content (AvgIpc) is 3.19. The molecule has 0 saturated carbocycles. The molecule has 1 unspecified atom stereocenters. The molecule has 5 nitrogen and oxygen atoms in total. The number of carbonyl (C=O) groups excluding carboxylic acids is 1. The Bertz CT molecular complexity index is 844. The predicted octanol–water partition coefficient (Wildman–Crippen LogP) is 4.73. The van der Waals surface area contributed by atoms with Gasteiger partial charge in [0.15, 0.2) is 10.6 Å². The first kappa shape index (κ1) is 19.8. The number of likely N-dealkylation sites (tertiary alicyclic amines) is 1. The normalized spacial score (nSPS) is 17.5. The topological polar surface area (TPSA) is 53.9 Å². The molecule has 146 valence electrons. The lowest BCUT2D eigenvalue weighted by Gasteiger charge is -2.30. The molecule has 0 bridgehead atoms. The van der Waals surface area contributed by atoms with Crippen LogP contribution in [0.2, 0.25) is 0 Å². The molecular weight excluding hydrogens is 356 g/mol. The second-order valence-corrected chi connectivity index (χ2v) is 9.15. The van der Waals surface area contributed by atoms with Gasteiger partial charge in [0, 0.05) is 31.1 Å². The molecule has 1 amide bonds. The largest absolute Gasteiger partial charge is 0.340 e. The lowest BCUT2D eigenvalue weighted by atomic mass is 9.87. The highest BCUT2D eigenvalue weighted by atomic mass is 32.1. The van der Waals surface area contributed by atoms with Crippen molar-refractivity contribution in [3.8, 4) is 11.4 Å². The Morgan fingerprint density at radius 1 is 1.30 bits per heavy atom. The van der Waals surface area contributed by atoms with Gasteiger partial charge in [-0.25, -0.2) is 0 Å². The quantitative estimate of drug-likeness (QED) is 0.756. The lowest BCUT2D eigenvalue weighted by molar-refractivity contribution is -0.132. The van der Waals surface area contributed by atoms with Crippen LogP contribution in [0.25, 0.3) is 11.4 Å². The first-order chi connectivity index (χ1) is 12.7. The van der Waals surface area contributed by atoms with Crippen molar-refractivity contribution >= 4 is 18.1 Å². The van der Waals surface area contributed by atoms with Crippen LogP contribution in [0.4, 0.5) is 0 Å². The van der Waals surface area contributed by atoms with Crippen LogP contribution >= 0.6 is 12.2 Å². The van der Waals surface area contributed by atoms with Gasteiger partial charge in [0.1, 0.15) is 0 Å². The van der Waals surface area contributed by atoms with E-state index in [0.29, 0.717) is 23.8 Å². The fraction of sp³-hybridized carbons (Fsp3) is 0.571. The van der Waals surface area contributed by atoms with Crippen LogP contribution in [0.5, 0.6) is 0 Å². The van der Waals surface area contributed by atoms with Crippen LogP contribution in [0.3, 0.4) is 0 Å². The number of aromatic nitrogens is 3. The summed E-state index contributed by atoms with van der Waals surface area (Å²) in [5.74, 6) is 1.01.